The molecule has 2 rings (SSSR count). The van der Waals surface area contributed by atoms with Gasteiger partial charge in [0.05, 0.1) is 17.8 Å². The molecule has 0 atom stereocenters. The van der Waals surface area contributed by atoms with Crippen molar-refractivity contribution >= 4 is 0 Å². The number of nitrogens with zero attached hydrogens (tertiary/aromatic N) is 3. The van der Waals surface area contributed by atoms with Gasteiger partial charge >= 0.3 is 6.18 Å². The number of alkyl halides is 3. The number of aromatic nitrogens is 3. The van der Waals surface area contributed by atoms with E-state index in [2.05, 4.69) is 10.2 Å². The van der Waals surface area contributed by atoms with Crippen molar-refractivity contribution in [3.63, 3.8) is 0 Å². The van der Waals surface area contributed by atoms with Gasteiger partial charge < -0.3 is 0 Å². The smallest absolute Gasteiger partial charge is 0.182 e. The van der Waals surface area contributed by atoms with Gasteiger partial charge in [0.15, 0.2) is 0 Å². The van der Waals surface area contributed by atoms with Crippen LogP contribution in [0.25, 0.3) is 11.3 Å². The molecule has 0 aliphatic rings. The lowest BCUT2D eigenvalue weighted by molar-refractivity contribution is -0.137. The zero-order valence-corrected chi connectivity index (χ0v) is 9.94. The largest absolute Gasteiger partial charge is 0.416 e. The van der Waals surface area contributed by atoms with E-state index in [4.69, 9.17) is 0 Å². The van der Waals surface area contributed by atoms with Gasteiger partial charge in [-0.15, -0.1) is 0 Å². The van der Waals surface area contributed by atoms with Crippen LogP contribution in [0.4, 0.5) is 13.2 Å². The molecule has 0 saturated carbocycles. The van der Waals surface area contributed by atoms with Gasteiger partial charge in [0, 0.05) is 5.56 Å². The molecule has 0 saturated heterocycles. The lowest BCUT2D eigenvalue weighted by Gasteiger charge is -2.06. The summed E-state index contributed by atoms with van der Waals surface area (Å²) in [4.78, 5) is 1.52. The maximum absolute atomic E-state index is 12.4. The summed E-state index contributed by atoms with van der Waals surface area (Å²) in [6.45, 7) is 3.85. The third-order valence-electron chi connectivity index (χ3n) is 2.48. The minimum Gasteiger partial charge on any atom is -0.182 e. The van der Waals surface area contributed by atoms with Crippen LogP contribution in [-0.4, -0.2) is 15.0 Å². The van der Waals surface area contributed by atoms with Crippen LogP contribution in [0.15, 0.2) is 30.5 Å². The highest BCUT2D eigenvalue weighted by molar-refractivity contribution is 5.58. The van der Waals surface area contributed by atoms with Gasteiger partial charge in [-0.1, -0.05) is 12.1 Å². The lowest BCUT2D eigenvalue weighted by atomic mass is 10.1. The average Bonchev–Trinajstić information content (AvgIpc) is 2.77. The Balaban J connectivity index is 2.29. The topological polar surface area (TPSA) is 30.7 Å². The first-order chi connectivity index (χ1) is 8.38. The molecule has 0 amide bonds. The molecule has 1 heterocycles. The van der Waals surface area contributed by atoms with Crippen LogP contribution in [0, 0.1) is 0 Å². The van der Waals surface area contributed by atoms with Crippen molar-refractivity contribution in [1.29, 1.82) is 0 Å². The van der Waals surface area contributed by atoms with Crippen molar-refractivity contribution < 1.29 is 13.2 Å². The van der Waals surface area contributed by atoms with E-state index in [0.717, 1.165) is 12.1 Å². The number of hydrogen-bond acceptors (Lipinski definition) is 2. The molecule has 18 heavy (non-hydrogen) atoms. The Morgan fingerprint density at radius 3 is 2.17 bits per heavy atom. The highest BCUT2D eigenvalue weighted by Gasteiger charge is 2.30. The quantitative estimate of drug-likeness (QED) is 0.821. The Morgan fingerprint density at radius 1 is 1.11 bits per heavy atom. The van der Waals surface area contributed by atoms with Crippen molar-refractivity contribution in [1.82, 2.24) is 15.0 Å². The first-order valence-electron chi connectivity index (χ1n) is 5.47. The predicted octanol–water partition coefficient (Wildman–Crippen LogP) is 3.54. The molecule has 2 aromatic rings. The van der Waals surface area contributed by atoms with Gasteiger partial charge in [-0.25, -0.2) is 0 Å². The molecular weight excluding hydrogens is 243 g/mol. The van der Waals surface area contributed by atoms with Gasteiger partial charge in [0.1, 0.15) is 5.69 Å². The van der Waals surface area contributed by atoms with E-state index in [0.29, 0.717) is 11.3 Å². The fourth-order valence-electron chi connectivity index (χ4n) is 1.49. The fraction of sp³-hybridized carbons (Fsp3) is 0.333. The molecule has 0 bridgehead atoms. The fourth-order valence-corrected chi connectivity index (χ4v) is 1.49. The molecule has 6 heteroatoms. The first kappa shape index (κ1) is 12.6. The zero-order valence-electron chi connectivity index (χ0n) is 9.94. The summed E-state index contributed by atoms with van der Waals surface area (Å²) in [6, 6.07) is 5.01. The van der Waals surface area contributed by atoms with Gasteiger partial charge in [0.2, 0.25) is 0 Å². The van der Waals surface area contributed by atoms with Crippen molar-refractivity contribution in [3.8, 4) is 11.3 Å². The number of rotatable bonds is 2. The molecule has 3 nitrogen and oxygen atoms in total. The highest BCUT2D eigenvalue weighted by atomic mass is 19.4. The summed E-state index contributed by atoms with van der Waals surface area (Å²) in [5.41, 5.74) is 0.523. The van der Waals surface area contributed by atoms with Crippen LogP contribution < -0.4 is 0 Å². The normalized spacial score (nSPS) is 12.1. The van der Waals surface area contributed by atoms with Crippen molar-refractivity contribution in [2.75, 3.05) is 0 Å². The van der Waals surface area contributed by atoms with E-state index >= 15 is 0 Å². The van der Waals surface area contributed by atoms with Gasteiger partial charge in [-0.3, -0.25) is 0 Å². The maximum atomic E-state index is 12.4. The first-order valence-corrected chi connectivity index (χ1v) is 5.47. The lowest BCUT2D eigenvalue weighted by Crippen LogP contribution is -2.05. The molecule has 0 aliphatic carbocycles. The molecule has 0 spiro atoms. The third-order valence-corrected chi connectivity index (χ3v) is 2.48. The van der Waals surface area contributed by atoms with Gasteiger partial charge in [-0.05, 0) is 26.0 Å². The molecular formula is C12H12F3N3. The number of halogens is 3. The summed E-state index contributed by atoms with van der Waals surface area (Å²) in [6.07, 6.45) is -2.77. The van der Waals surface area contributed by atoms with Crippen molar-refractivity contribution in [2.45, 2.75) is 26.1 Å². The second-order valence-electron chi connectivity index (χ2n) is 4.22. The summed E-state index contributed by atoms with van der Waals surface area (Å²) in [5, 5.41) is 8.24. The third kappa shape index (κ3) is 2.52. The minimum atomic E-state index is -4.31. The minimum absolute atomic E-state index is 0.119. The standard InChI is InChI=1S/C12H12F3N3/c1-8(2)18-16-7-11(17-18)9-3-5-10(6-4-9)12(13,14)15/h3-8H,1-2H3. The van der Waals surface area contributed by atoms with Crippen LogP contribution in [0.1, 0.15) is 25.5 Å². The molecule has 96 valence electrons. The van der Waals surface area contributed by atoms with Crippen LogP contribution >= 0.6 is 0 Å². The summed E-state index contributed by atoms with van der Waals surface area (Å²) >= 11 is 0. The predicted molar refractivity (Wildman–Crippen MR) is 60.8 cm³/mol. The Kier molecular flexibility index (Phi) is 3.11. The van der Waals surface area contributed by atoms with E-state index in [1.54, 1.807) is 6.20 Å². The molecule has 0 unspecified atom stereocenters. The summed E-state index contributed by atoms with van der Waals surface area (Å²) in [5.74, 6) is 0. The second-order valence-corrected chi connectivity index (χ2v) is 4.22. The van der Waals surface area contributed by atoms with E-state index in [1.807, 2.05) is 13.8 Å². The van der Waals surface area contributed by atoms with Crippen LogP contribution in [0.3, 0.4) is 0 Å². The van der Waals surface area contributed by atoms with Gasteiger partial charge in [-0.2, -0.15) is 28.2 Å². The molecule has 0 radical (unpaired) electrons. The Morgan fingerprint density at radius 2 is 1.72 bits per heavy atom. The van der Waals surface area contributed by atoms with Crippen molar-refractivity contribution in [2.24, 2.45) is 0 Å². The Hall–Kier alpha value is -1.85. The maximum Gasteiger partial charge on any atom is 0.416 e. The highest BCUT2D eigenvalue weighted by Crippen LogP contribution is 2.30. The Labute approximate surface area is 102 Å². The molecule has 1 aromatic heterocycles. The van der Waals surface area contributed by atoms with Crippen LogP contribution in [-0.2, 0) is 6.18 Å². The van der Waals surface area contributed by atoms with Crippen molar-refractivity contribution in [3.05, 3.63) is 36.0 Å². The molecule has 0 N–H and O–H groups in total. The van der Waals surface area contributed by atoms with E-state index < -0.39 is 11.7 Å². The summed E-state index contributed by atoms with van der Waals surface area (Å²) in [7, 11) is 0. The molecule has 1 aromatic carbocycles. The number of benzene rings is 1. The second kappa shape index (κ2) is 4.44. The SMILES string of the molecule is CC(C)n1ncc(-c2ccc(C(F)(F)F)cc2)n1. The van der Waals surface area contributed by atoms with E-state index in [1.165, 1.54) is 16.9 Å². The van der Waals surface area contributed by atoms with Crippen LogP contribution in [0.5, 0.6) is 0 Å². The van der Waals surface area contributed by atoms with Crippen LogP contribution in [0.2, 0.25) is 0 Å². The number of hydrogen-bond donors (Lipinski definition) is 0. The monoisotopic (exact) mass is 255 g/mol. The average molecular weight is 255 g/mol. The summed E-state index contributed by atoms with van der Waals surface area (Å²) < 4.78 is 37.2. The van der Waals surface area contributed by atoms with E-state index in [-0.39, 0.29) is 6.04 Å². The Bertz CT molecular complexity index is 526. The molecule has 0 aliphatic heterocycles. The van der Waals surface area contributed by atoms with Gasteiger partial charge in [0.25, 0.3) is 0 Å². The zero-order chi connectivity index (χ0) is 13.3. The molecule has 0 fully saturated rings. The van der Waals surface area contributed by atoms with E-state index in [9.17, 15) is 13.2 Å².